The largest absolute Gasteiger partial charge is 0.312 e. The van der Waals surface area contributed by atoms with Crippen LogP contribution in [0, 0.1) is 19.8 Å². The Morgan fingerprint density at radius 2 is 1.90 bits per heavy atom. The van der Waals surface area contributed by atoms with E-state index in [9.17, 15) is 0 Å². The smallest absolute Gasteiger partial charge is 0.0628 e. The number of nitrogens with one attached hydrogen (secondary N) is 1. The summed E-state index contributed by atoms with van der Waals surface area (Å²) in [4.78, 5) is 0. The molecule has 1 N–H and O–H groups in total. The van der Waals surface area contributed by atoms with Gasteiger partial charge in [-0.1, -0.05) is 33.1 Å². The zero-order valence-corrected chi connectivity index (χ0v) is 13.7. The van der Waals surface area contributed by atoms with Crippen LogP contribution in [0.1, 0.15) is 62.9 Å². The number of aromatic nitrogens is 2. The fraction of sp³-hybridized carbons (Fsp3) is 0.824. The van der Waals surface area contributed by atoms with Crippen LogP contribution >= 0.6 is 0 Å². The minimum Gasteiger partial charge on any atom is -0.312 e. The van der Waals surface area contributed by atoms with Crippen molar-refractivity contribution in [2.45, 2.75) is 78.8 Å². The van der Waals surface area contributed by atoms with Gasteiger partial charge in [-0.25, -0.2) is 0 Å². The molecule has 20 heavy (non-hydrogen) atoms. The van der Waals surface area contributed by atoms with E-state index in [-0.39, 0.29) is 0 Å². The van der Waals surface area contributed by atoms with E-state index in [2.05, 4.69) is 37.7 Å². The molecule has 0 radical (unpaired) electrons. The summed E-state index contributed by atoms with van der Waals surface area (Å²) >= 11 is 0. The number of likely N-dealkylation sites (N-methyl/N-ethyl adjacent to an activating group) is 1. The van der Waals surface area contributed by atoms with Gasteiger partial charge in [-0.05, 0) is 51.1 Å². The van der Waals surface area contributed by atoms with Gasteiger partial charge in [0, 0.05) is 11.7 Å². The van der Waals surface area contributed by atoms with Crippen molar-refractivity contribution in [3.05, 3.63) is 17.0 Å². The Labute approximate surface area is 124 Å². The second-order valence-electron chi connectivity index (χ2n) is 6.25. The quantitative estimate of drug-likeness (QED) is 0.860. The first-order valence-electron chi connectivity index (χ1n) is 8.43. The lowest BCUT2D eigenvalue weighted by atomic mass is 9.84. The molecule has 1 atom stereocenters. The molecule has 0 aliphatic heterocycles. The molecule has 1 heterocycles. The van der Waals surface area contributed by atoms with Crippen molar-refractivity contribution in [3.63, 3.8) is 0 Å². The molecular weight excluding hydrogens is 246 g/mol. The fourth-order valence-corrected chi connectivity index (χ4v) is 3.79. The standard InChI is InChI=1S/C17H31N3/c1-5-16-13(3)19-20(14(16)4)12-17(18-6-2)15-10-8-7-9-11-15/h15,17-18H,5-12H2,1-4H3. The van der Waals surface area contributed by atoms with Gasteiger partial charge >= 0.3 is 0 Å². The molecule has 114 valence electrons. The predicted octanol–water partition coefficient (Wildman–Crippen LogP) is 3.62. The molecule has 1 aliphatic carbocycles. The highest BCUT2D eigenvalue weighted by atomic mass is 15.3. The van der Waals surface area contributed by atoms with E-state index < -0.39 is 0 Å². The Morgan fingerprint density at radius 1 is 1.20 bits per heavy atom. The summed E-state index contributed by atoms with van der Waals surface area (Å²) in [6.45, 7) is 10.9. The van der Waals surface area contributed by atoms with Crippen LogP contribution in [0.25, 0.3) is 0 Å². The second kappa shape index (κ2) is 7.26. The first-order valence-corrected chi connectivity index (χ1v) is 8.43. The van der Waals surface area contributed by atoms with Crippen LogP contribution in [0.2, 0.25) is 0 Å². The lowest BCUT2D eigenvalue weighted by Gasteiger charge is -2.31. The van der Waals surface area contributed by atoms with Crippen LogP contribution in [0.4, 0.5) is 0 Å². The second-order valence-corrected chi connectivity index (χ2v) is 6.25. The van der Waals surface area contributed by atoms with Gasteiger partial charge in [-0.3, -0.25) is 4.68 Å². The van der Waals surface area contributed by atoms with Gasteiger partial charge in [0.15, 0.2) is 0 Å². The van der Waals surface area contributed by atoms with Gasteiger partial charge in [-0.2, -0.15) is 5.10 Å². The zero-order valence-electron chi connectivity index (χ0n) is 13.7. The van der Waals surface area contributed by atoms with E-state index >= 15 is 0 Å². The van der Waals surface area contributed by atoms with Crippen LogP contribution in [0.5, 0.6) is 0 Å². The van der Waals surface area contributed by atoms with Crippen molar-refractivity contribution in [3.8, 4) is 0 Å². The van der Waals surface area contributed by atoms with Gasteiger partial charge in [0.25, 0.3) is 0 Å². The maximum Gasteiger partial charge on any atom is 0.0628 e. The van der Waals surface area contributed by atoms with Crippen molar-refractivity contribution < 1.29 is 0 Å². The highest BCUT2D eigenvalue weighted by Crippen LogP contribution is 2.27. The summed E-state index contributed by atoms with van der Waals surface area (Å²) < 4.78 is 2.25. The molecule has 1 aromatic rings. The summed E-state index contributed by atoms with van der Waals surface area (Å²) in [5.41, 5.74) is 4.01. The molecule has 0 spiro atoms. The maximum absolute atomic E-state index is 4.77. The van der Waals surface area contributed by atoms with Crippen LogP contribution in [0.15, 0.2) is 0 Å². The van der Waals surface area contributed by atoms with E-state index in [1.807, 2.05) is 0 Å². The van der Waals surface area contributed by atoms with Crippen molar-refractivity contribution in [1.29, 1.82) is 0 Å². The van der Waals surface area contributed by atoms with E-state index in [1.54, 1.807) is 0 Å². The van der Waals surface area contributed by atoms with Crippen molar-refractivity contribution >= 4 is 0 Å². The first kappa shape index (κ1) is 15.6. The molecule has 0 amide bonds. The molecule has 1 fully saturated rings. The summed E-state index contributed by atoms with van der Waals surface area (Å²) in [7, 11) is 0. The van der Waals surface area contributed by atoms with Gasteiger partial charge < -0.3 is 5.32 Å². The van der Waals surface area contributed by atoms with Crippen LogP contribution in [0.3, 0.4) is 0 Å². The van der Waals surface area contributed by atoms with Crippen LogP contribution in [-0.2, 0) is 13.0 Å². The maximum atomic E-state index is 4.77. The molecule has 1 unspecified atom stereocenters. The molecular formula is C17H31N3. The number of aryl methyl sites for hydroxylation is 1. The van der Waals surface area contributed by atoms with Gasteiger partial charge in [-0.15, -0.1) is 0 Å². The summed E-state index contributed by atoms with van der Waals surface area (Å²) in [6.07, 6.45) is 8.10. The van der Waals surface area contributed by atoms with E-state index in [0.717, 1.165) is 25.4 Å². The Kier molecular flexibility index (Phi) is 5.64. The number of nitrogens with zero attached hydrogens (tertiary/aromatic N) is 2. The number of rotatable bonds is 6. The van der Waals surface area contributed by atoms with E-state index in [0.29, 0.717) is 6.04 Å². The summed E-state index contributed by atoms with van der Waals surface area (Å²) in [6, 6.07) is 0.586. The third kappa shape index (κ3) is 3.43. The predicted molar refractivity (Wildman–Crippen MR) is 85.1 cm³/mol. The van der Waals surface area contributed by atoms with E-state index in [1.165, 1.54) is 49.1 Å². The highest BCUT2D eigenvalue weighted by Gasteiger charge is 2.24. The average molecular weight is 277 g/mol. The highest BCUT2D eigenvalue weighted by molar-refractivity contribution is 5.24. The minimum atomic E-state index is 0.586. The van der Waals surface area contributed by atoms with Crippen molar-refractivity contribution in [1.82, 2.24) is 15.1 Å². The topological polar surface area (TPSA) is 29.9 Å². The molecule has 1 aliphatic rings. The summed E-state index contributed by atoms with van der Waals surface area (Å²) in [5, 5.41) is 8.49. The Balaban J connectivity index is 2.11. The third-order valence-electron chi connectivity index (χ3n) is 4.94. The molecule has 1 saturated carbocycles. The Bertz CT molecular complexity index is 416. The fourth-order valence-electron chi connectivity index (χ4n) is 3.79. The number of hydrogen-bond acceptors (Lipinski definition) is 2. The lowest BCUT2D eigenvalue weighted by Crippen LogP contribution is -2.41. The van der Waals surface area contributed by atoms with E-state index in [4.69, 9.17) is 5.10 Å². The third-order valence-corrected chi connectivity index (χ3v) is 4.94. The molecule has 0 saturated heterocycles. The lowest BCUT2D eigenvalue weighted by molar-refractivity contribution is 0.244. The monoisotopic (exact) mass is 277 g/mol. The van der Waals surface area contributed by atoms with Crippen molar-refractivity contribution in [2.75, 3.05) is 6.54 Å². The molecule has 0 bridgehead atoms. The van der Waals surface area contributed by atoms with Gasteiger partial charge in [0.1, 0.15) is 0 Å². The Hall–Kier alpha value is -0.830. The summed E-state index contributed by atoms with van der Waals surface area (Å²) in [5.74, 6) is 0.831. The van der Waals surface area contributed by atoms with Gasteiger partial charge in [0.05, 0.1) is 12.2 Å². The molecule has 3 heteroatoms. The minimum absolute atomic E-state index is 0.586. The normalized spacial score (nSPS) is 18.4. The van der Waals surface area contributed by atoms with Crippen molar-refractivity contribution in [2.24, 2.45) is 5.92 Å². The van der Waals surface area contributed by atoms with Crippen LogP contribution < -0.4 is 5.32 Å². The average Bonchev–Trinajstić information content (AvgIpc) is 2.73. The molecule has 2 rings (SSSR count). The SMILES string of the molecule is CCNC(Cn1nc(C)c(CC)c1C)C1CCCCC1. The Morgan fingerprint density at radius 3 is 2.45 bits per heavy atom. The first-order chi connectivity index (χ1) is 9.67. The molecule has 1 aromatic heterocycles. The van der Waals surface area contributed by atoms with Crippen LogP contribution in [-0.4, -0.2) is 22.4 Å². The molecule has 0 aromatic carbocycles. The van der Waals surface area contributed by atoms with Gasteiger partial charge in [0.2, 0.25) is 0 Å². The zero-order chi connectivity index (χ0) is 14.5. The molecule has 3 nitrogen and oxygen atoms in total. The number of hydrogen-bond donors (Lipinski definition) is 1.